The van der Waals surface area contributed by atoms with Crippen molar-refractivity contribution >= 4 is 39.3 Å². The van der Waals surface area contributed by atoms with Crippen molar-refractivity contribution in [2.75, 3.05) is 6.61 Å². The molecule has 28 heavy (non-hydrogen) atoms. The summed E-state index contributed by atoms with van der Waals surface area (Å²) in [5.74, 6) is -0.404. The largest absolute Gasteiger partial charge is 0.483 e. The normalized spacial score (nSPS) is 10.2. The maximum absolute atomic E-state index is 11.9. The number of hydrogen-bond donors (Lipinski definition) is 2. The van der Waals surface area contributed by atoms with Crippen LogP contribution in [-0.2, 0) is 4.79 Å². The van der Waals surface area contributed by atoms with E-state index in [1.807, 2.05) is 42.5 Å². The topological polar surface area (TPSA) is 67.4 Å². The summed E-state index contributed by atoms with van der Waals surface area (Å²) in [5.41, 5.74) is 7.12. The Kier molecular flexibility index (Phi) is 6.68. The molecule has 0 aliphatic heterocycles. The highest BCUT2D eigenvalue weighted by Crippen LogP contribution is 2.30. The molecule has 0 bridgehead atoms. The molecule has 0 radical (unpaired) electrons. The second-order valence-electron chi connectivity index (χ2n) is 5.81. The van der Waals surface area contributed by atoms with Crippen LogP contribution in [0.25, 0.3) is 11.1 Å². The second-order valence-corrected chi connectivity index (χ2v) is 7.10. The smallest absolute Gasteiger partial charge is 0.276 e. The summed E-state index contributed by atoms with van der Waals surface area (Å²) in [5, 5.41) is 0.526. The maximum Gasteiger partial charge on any atom is 0.276 e. The van der Waals surface area contributed by atoms with E-state index in [-0.39, 0.29) is 6.61 Å². The fourth-order valence-electron chi connectivity index (χ4n) is 2.41. The maximum atomic E-state index is 11.9. The molecule has 142 valence electrons. The van der Waals surface area contributed by atoms with Crippen LogP contribution in [0.1, 0.15) is 10.4 Å². The van der Waals surface area contributed by atoms with Crippen molar-refractivity contribution < 1.29 is 14.3 Å². The lowest BCUT2D eigenvalue weighted by molar-refractivity contribution is -0.123. The third-order valence-corrected chi connectivity index (χ3v) is 4.69. The molecule has 7 heteroatoms. The zero-order chi connectivity index (χ0) is 19.9. The number of rotatable bonds is 5. The van der Waals surface area contributed by atoms with Gasteiger partial charge in [-0.2, -0.15) is 0 Å². The van der Waals surface area contributed by atoms with E-state index in [1.54, 1.807) is 30.3 Å². The quantitative estimate of drug-likeness (QED) is 0.548. The van der Waals surface area contributed by atoms with E-state index >= 15 is 0 Å². The van der Waals surface area contributed by atoms with Crippen LogP contribution in [0.3, 0.4) is 0 Å². The molecule has 0 aliphatic carbocycles. The van der Waals surface area contributed by atoms with Crippen LogP contribution in [0.5, 0.6) is 5.75 Å². The highest BCUT2D eigenvalue weighted by Gasteiger charge is 2.10. The number of benzene rings is 3. The summed E-state index contributed by atoms with van der Waals surface area (Å²) in [6.45, 7) is -0.246. The van der Waals surface area contributed by atoms with Gasteiger partial charge in [-0.15, -0.1) is 0 Å². The number of carbonyl (C=O) groups excluding carboxylic acids is 2. The zero-order valence-corrected chi connectivity index (χ0v) is 17.0. The zero-order valence-electron chi connectivity index (χ0n) is 14.6. The molecule has 3 aromatic carbocycles. The first-order valence-electron chi connectivity index (χ1n) is 8.35. The van der Waals surface area contributed by atoms with Crippen molar-refractivity contribution in [1.82, 2.24) is 10.9 Å². The Morgan fingerprint density at radius 3 is 2.29 bits per heavy atom. The van der Waals surface area contributed by atoms with E-state index in [4.69, 9.17) is 16.3 Å². The Bertz CT molecular complexity index is 979. The lowest BCUT2D eigenvalue weighted by atomic mass is 10.1. The molecule has 0 atom stereocenters. The SMILES string of the molecule is O=C(COc1ccc(-c2ccccc2)cc1Br)NNC(=O)c1ccc(Cl)cc1. The Labute approximate surface area is 175 Å². The molecule has 0 saturated carbocycles. The first kappa shape index (κ1) is 19.9. The second kappa shape index (κ2) is 9.39. The van der Waals surface area contributed by atoms with Crippen molar-refractivity contribution in [2.24, 2.45) is 0 Å². The minimum absolute atomic E-state index is 0.246. The van der Waals surface area contributed by atoms with Crippen molar-refractivity contribution in [3.63, 3.8) is 0 Å². The molecular weight excluding hydrogens is 444 g/mol. The van der Waals surface area contributed by atoms with Gasteiger partial charge in [0.15, 0.2) is 6.61 Å². The van der Waals surface area contributed by atoms with Gasteiger partial charge in [0.2, 0.25) is 0 Å². The third-order valence-electron chi connectivity index (χ3n) is 3.82. The molecule has 0 aliphatic rings. The molecule has 0 aromatic heterocycles. The van der Waals surface area contributed by atoms with Crippen LogP contribution in [0.15, 0.2) is 77.3 Å². The molecule has 0 fully saturated rings. The molecule has 0 unspecified atom stereocenters. The Hall–Kier alpha value is -2.83. The number of amides is 2. The molecule has 5 nitrogen and oxygen atoms in total. The lowest BCUT2D eigenvalue weighted by Gasteiger charge is -2.11. The fourth-order valence-corrected chi connectivity index (χ4v) is 3.03. The van der Waals surface area contributed by atoms with Crippen LogP contribution in [0.2, 0.25) is 5.02 Å². The monoisotopic (exact) mass is 458 g/mol. The summed E-state index contributed by atoms with van der Waals surface area (Å²) in [6, 6.07) is 21.9. The van der Waals surface area contributed by atoms with E-state index in [9.17, 15) is 9.59 Å². The number of halogens is 2. The highest BCUT2D eigenvalue weighted by molar-refractivity contribution is 9.10. The van der Waals surface area contributed by atoms with E-state index in [0.717, 1.165) is 15.6 Å². The number of carbonyl (C=O) groups is 2. The number of hydrazine groups is 1. The summed E-state index contributed by atoms with van der Waals surface area (Å²) >= 11 is 9.23. The number of ether oxygens (including phenoxy) is 1. The number of nitrogens with one attached hydrogen (secondary N) is 2. The predicted molar refractivity (Wildman–Crippen MR) is 112 cm³/mol. The van der Waals surface area contributed by atoms with Gasteiger partial charge in [-0.1, -0.05) is 48.0 Å². The average Bonchev–Trinajstić information content (AvgIpc) is 2.72. The van der Waals surface area contributed by atoms with E-state index in [1.165, 1.54) is 0 Å². The molecule has 0 saturated heterocycles. The standard InChI is InChI=1S/C21H16BrClN2O3/c22-18-12-16(14-4-2-1-3-5-14)8-11-19(18)28-13-20(26)24-25-21(27)15-6-9-17(23)10-7-15/h1-12H,13H2,(H,24,26)(H,25,27). The van der Waals surface area contributed by atoms with Gasteiger partial charge in [-0.3, -0.25) is 20.4 Å². The van der Waals surface area contributed by atoms with Crippen molar-refractivity contribution in [3.8, 4) is 16.9 Å². The van der Waals surface area contributed by atoms with Gasteiger partial charge in [0.05, 0.1) is 4.47 Å². The lowest BCUT2D eigenvalue weighted by Crippen LogP contribution is -2.43. The average molecular weight is 460 g/mol. The van der Waals surface area contributed by atoms with Crippen LogP contribution in [-0.4, -0.2) is 18.4 Å². The first-order chi connectivity index (χ1) is 13.5. The summed E-state index contributed by atoms with van der Waals surface area (Å²) < 4.78 is 6.24. The molecule has 0 heterocycles. The van der Waals surface area contributed by atoms with Gasteiger partial charge in [-0.05, 0) is 63.5 Å². The summed E-state index contributed by atoms with van der Waals surface area (Å²) in [7, 11) is 0. The molecule has 3 aromatic rings. The van der Waals surface area contributed by atoms with Crippen LogP contribution in [0.4, 0.5) is 0 Å². The van der Waals surface area contributed by atoms with Gasteiger partial charge >= 0.3 is 0 Å². The van der Waals surface area contributed by atoms with Crippen LogP contribution < -0.4 is 15.6 Å². The summed E-state index contributed by atoms with van der Waals surface area (Å²) in [6.07, 6.45) is 0. The van der Waals surface area contributed by atoms with E-state index < -0.39 is 11.8 Å². The molecule has 2 amide bonds. The summed E-state index contributed by atoms with van der Waals surface area (Å²) in [4.78, 5) is 23.9. The van der Waals surface area contributed by atoms with E-state index in [2.05, 4.69) is 26.8 Å². The number of hydrogen-bond acceptors (Lipinski definition) is 3. The van der Waals surface area contributed by atoms with Crippen molar-refractivity contribution in [3.05, 3.63) is 87.9 Å². The molecule has 0 spiro atoms. The minimum atomic E-state index is -0.485. The third kappa shape index (κ3) is 5.34. The minimum Gasteiger partial charge on any atom is -0.483 e. The Morgan fingerprint density at radius 1 is 0.893 bits per heavy atom. The van der Waals surface area contributed by atoms with Crippen molar-refractivity contribution in [2.45, 2.75) is 0 Å². The van der Waals surface area contributed by atoms with Crippen molar-refractivity contribution in [1.29, 1.82) is 0 Å². The first-order valence-corrected chi connectivity index (χ1v) is 9.52. The van der Waals surface area contributed by atoms with Gasteiger partial charge in [0.1, 0.15) is 5.75 Å². The van der Waals surface area contributed by atoms with E-state index in [0.29, 0.717) is 16.3 Å². The molecule has 2 N–H and O–H groups in total. The van der Waals surface area contributed by atoms with Gasteiger partial charge < -0.3 is 4.74 Å². The predicted octanol–water partition coefficient (Wildman–Crippen LogP) is 4.61. The van der Waals surface area contributed by atoms with Crippen LogP contribution >= 0.6 is 27.5 Å². The van der Waals surface area contributed by atoms with Crippen LogP contribution in [0, 0.1) is 0 Å². The van der Waals surface area contributed by atoms with Gasteiger partial charge in [0, 0.05) is 10.6 Å². The fraction of sp³-hybridized carbons (Fsp3) is 0.0476. The highest BCUT2D eigenvalue weighted by atomic mass is 79.9. The van der Waals surface area contributed by atoms with Gasteiger partial charge in [-0.25, -0.2) is 0 Å². The Balaban J connectivity index is 1.51. The molecular formula is C21H16BrClN2O3. The van der Waals surface area contributed by atoms with Gasteiger partial charge in [0.25, 0.3) is 11.8 Å². The molecule has 3 rings (SSSR count). The Morgan fingerprint density at radius 2 is 1.61 bits per heavy atom.